The van der Waals surface area contributed by atoms with Crippen molar-refractivity contribution in [3.05, 3.63) is 59.4 Å². The summed E-state index contributed by atoms with van der Waals surface area (Å²) in [4.78, 5) is 11.4. The van der Waals surface area contributed by atoms with Gasteiger partial charge in [-0.15, -0.1) is 0 Å². The van der Waals surface area contributed by atoms with Crippen LogP contribution in [0.3, 0.4) is 0 Å². The Balaban J connectivity index is 2.12. The number of carbonyl (C=O) groups excluding carboxylic acids is 1. The first-order valence-corrected chi connectivity index (χ1v) is 6.66. The quantitative estimate of drug-likeness (QED) is 0.739. The molecule has 0 aliphatic rings. The van der Waals surface area contributed by atoms with E-state index in [9.17, 15) is 9.18 Å². The Labute approximate surface area is 123 Å². The lowest BCUT2D eigenvalue weighted by Crippen LogP contribution is -2.22. The van der Waals surface area contributed by atoms with Crippen LogP contribution in [-0.4, -0.2) is 11.9 Å². The van der Waals surface area contributed by atoms with Crippen LogP contribution in [-0.2, 0) is 6.42 Å². The molecule has 0 heterocycles. The second-order valence-electron chi connectivity index (χ2n) is 5.05. The van der Waals surface area contributed by atoms with Gasteiger partial charge in [-0.3, -0.25) is 4.79 Å². The molecule has 0 saturated heterocycles. The number of anilines is 2. The standard InChI is InChI=1S/C16H18FN3O/c1-10(8-11-2-4-12(17)5-3-11)20-15-9-13(18)6-7-14(15)16(19)21/h2-7,9-10,20H,8,18H2,1H3,(H2,19,21). The van der Waals surface area contributed by atoms with Crippen molar-refractivity contribution in [3.63, 3.8) is 0 Å². The van der Waals surface area contributed by atoms with E-state index in [4.69, 9.17) is 11.5 Å². The van der Waals surface area contributed by atoms with E-state index >= 15 is 0 Å². The van der Waals surface area contributed by atoms with Crippen molar-refractivity contribution in [2.75, 3.05) is 11.1 Å². The van der Waals surface area contributed by atoms with Gasteiger partial charge in [-0.2, -0.15) is 0 Å². The lowest BCUT2D eigenvalue weighted by atomic mass is 10.1. The second-order valence-corrected chi connectivity index (χ2v) is 5.05. The van der Waals surface area contributed by atoms with Crippen molar-refractivity contribution >= 4 is 17.3 Å². The topological polar surface area (TPSA) is 81.1 Å². The molecule has 1 unspecified atom stereocenters. The Morgan fingerprint density at radius 3 is 2.52 bits per heavy atom. The second kappa shape index (κ2) is 6.26. The fraction of sp³-hybridized carbons (Fsp3) is 0.188. The van der Waals surface area contributed by atoms with Crippen LogP contribution < -0.4 is 16.8 Å². The Morgan fingerprint density at radius 2 is 1.90 bits per heavy atom. The first-order chi connectivity index (χ1) is 9.95. The van der Waals surface area contributed by atoms with E-state index in [2.05, 4.69) is 5.32 Å². The summed E-state index contributed by atoms with van der Waals surface area (Å²) < 4.78 is 12.9. The highest BCUT2D eigenvalue weighted by atomic mass is 19.1. The lowest BCUT2D eigenvalue weighted by molar-refractivity contribution is 0.100. The lowest BCUT2D eigenvalue weighted by Gasteiger charge is -2.18. The average Bonchev–Trinajstić information content (AvgIpc) is 2.41. The molecule has 1 amide bonds. The monoisotopic (exact) mass is 287 g/mol. The summed E-state index contributed by atoms with van der Waals surface area (Å²) in [6, 6.07) is 11.3. The Bertz CT molecular complexity index is 640. The van der Waals surface area contributed by atoms with Gasteiger partial charge < -0.3 is 16.8 Å². The van der Waals surface area contributed by atoms with E-state index < -0.39 is 5.91 Å². The van der Waals surface area contributed by atoms with Crippen molar-refractivity contribution in [2.45, 2.75) is 19.4 Å². The van der Waals surface area contributed by atoms with Gasteiger partial charge in [0.25, 0.3) is 5.91 Å². The molecule has 0 radical (unpaired) electrons. The van der Waals surface area contributed by atoms with Crippen molar-refractivity contribution in [1.82, 2.24) is 0 Å². The minimum atomic E-state index is -0.508. The number of hydrogen-bond acceptors (Lipinski definition) is 3. The molecule has 1 atom stereocenters. The summed E-state index contributed by atoms with van der Waals surface area (Å²) in [6.45, 7) is 1.97. The van der Waals surface area contributed by atoms with Gasteiger partial charge in [0.1, 0.15) is 5.82 Å². The summed E-state index contributed by atoms with van der Waals surface area (Å²) in [5.41, 5.74) is 13.6. The number of carbonyl (C=O) groups is 1. The van der Waals surface area contributed by atoms with Crippen molar-refractivity contribution in [3.8, 4) is 0 Å². The summed E-state index contributed by atoms with van der Waals surface area (Å²) in [7, 11) is 0. The number of benzene rings is 2. The van der Waals surface area contributed by atoms with E-state index in [1.54, 1.807) is 30.3 Å². The molecule has 110 valence electrons. The van der Waals surface area contributed by atoms with Gasteiger partial charge in [0.2, 0.25) is 0 Å². The Hall–Kier alpha value is -2.56. The predicted molar refractivity (Wildman–Crippen MR) is 82.6 cm³/mol. The Kier molecular flexibility index (Phi) is 4.42. The zero-order chi connectivity index (χ0) is 15.4. The fourth-order valence-electron chi connectivity index (χ4n) is 2.19. The molecule has 5 heteroatoms. The fourth-order valence-corrected chi connectivity index (χ4v) is 2.19. The molecule has 0 bridgehead atoms. The molecule has 0 fully saturated rings. The SMILES string of the molecule is CC(Cc1ccc(F)cc1)Nc1cc(N)ccc1C(N)=O. The maximum absolute atomic E-state index is 12.9. The van der Waals surface area contributed by atoms with E-state index in [-0.39, 0.29) is 11.9 Å². The molecular weight excluding hydrogens is 269 g/mol. The molecule has 0 spiro atoms. The molecule has 0 saturated carbocycles. The predicted octanol–water partition coefficient (Wildman–Crippen LogP) is 2.55. The highest BCUT2D eigenvalue weighted by molar-refractivity contribution is 5.99. The van der Waals surface area contributed by atoms with Crippen LogP contribution in [0.2, 0.25) is 0 Å². The number of hydrogen-bond donors (Lipinski definition) is 3. The van der Waals surface area contributed by atoms with Crippen molar-refractivity contribution in [1.29, 1.82) is 0 Å². The third kappa shape index (κ3) is 3.95. The van der Waals surface area contributed by atoms with Crippen LogP contribution in [0.4, 0.5) is 15.8 Å². The zero-order valence-corrected chi connectivity index (χ0v) is 11.8. The molecule has 21 heavy (non-hydrogen) atoms. The number of rotatable bonds is 5. The molecule has 4 nitrogen and oxygen atoms in total. The van der Waals surface area contributed by atoms with Gasteiger partial charge in [-0.05, 0) is 49.2 Å². The molecule has 0 aliphatic carbocycles. The molecule has 2 aromatic carbocycles. The summed E-state index contributed by atoms with van der Waals surface area (Å²) in [6.07, 6.45) is 0.688. The zero-order valence-electron chi connectivity index (χ0n) is 11.8. The third-order valence-corrected chi connectivity index (χ3v) is 3.17. The van der Waals surface area contributed by atoms with Gasteiger partial charge in [0, 0.05) is 17.4 Å². The minimum absolute atomic E-state index is 0.0374. The average molecular weight is 287 g/mol. The van der Waals surface area contributed by atoms with Crippen LogP contribution in [0, 0.1) is 5.82 Å². The van der Waals surface area contributed by atoms with Crippen LogP contribution in [0.25, 0.3) is 0 Å². The minimum Gasteiger partial charge on any atom is -0.399 e. The summed E-state index contributed by atoms with van der Waals surface area (Å²) in [5.74, 6) is -0.766. The number of halogens is 1. The molecular formula is C16H18FN3O. The van der Waals surface area contributed by atoms with Gasteiger partial charge in [0.15, 0.2) is 0 Å². The molecule has 0 aliphatic heterocycles. The normalized spacial score (nSPS) is 11.9. The van der Waals surface area contributed by atoms with Crippen LogP contribution in [0.15, 0.2) is 42.5 Å². The largest absolute Gasteiger partial charge is 0.399 e. The smallest absolute Gasteiger partial charge is 0.250 e. The van der Waals surface area contributed by atoms with Crippen LogP contribution >= 0.6 is 0 Å². The third-order valence-electron chi connectivity index (χ3n) is 3.17. The first kappa shape index (κ1) is 14.8. The maximum atomic E-state index is 12.9. The maximum Gasteiger partial charge on any atom is 0.250 e. The number of nitrogens with two attached hydrogens (primary N) is 2. The highest BCUT2D eigenvalue weighted by Gasteiger charge is 2.11. The number of nitrogens with one attached hydrogen (secondary N) is 1. The van der Waals surface area contributed by atoms with Crippen LogP contribution in [0.1, 0.15) is 22.8 Å². The van der Waals surface area contributed by atoms with E-state index in [0.29, 0.717) is 23.4 Å². The Morgan fingerprint density at radius 1 is 1.24 bits per heavy atom. The molecule has 2 aromatic rings. The van der Waals surface area contributed by atoms with Gasteiger partial charge in [-0.25, -0.2) is 4.39 Å². The first-order valence-electron chi connectivity index (χ1n) is 6.66. The van der Waals surface area contributed by atoms with Gasteiger partial charge in [-0.1, -0.05) is 12.1 Å². The molecule has 5 N–H and O–H groups in total. The number of primary amides is 1. The van der Waals surface area contributed by atoms with Crippen LogP contribution in [0.5, 0.6) is 0 Å². The van der Waals surface area contributed by atoms with E-state index in [0.717, 1.165) is 5.56 Å². The van der Waals surface area contributed by atoms with E-state index in [1.165, 1.54) is 12.1 Å². The van der Waals surface area contributed by atoms with Crippen molar-refractivity contribution < 1.29 is 9.18 Å². The van der Waals surface area contributed by atoms with Gasteiger partial charge in [0.05, 0.1) is 5.56 Å². The summed E-state index contributed by atoms with van der Waals surface area (Å²) in [5, 5.41) is 3.22. The number of amides is 1. The number of nitrogen functional groups attached to an aromatic ring is 1. The summed E-state index contributed by atoms with van der Waals surface area (Å²) >= 11 is 0. The van der Waals surface area contributed by atoms with Gasteiger partial charge >= 0.3 is 0 Å². The van der Waals surface area contributed by atoms with E-state index in [1.807, 2.05) is 6.92 Å². The molecule has 2 rings (SSSR count). The molecule has 0 aromatic heterocycles. The highest BCUT2D eigenvalue weighted by Crippen LogP contribution is 2.20. The van der Waals surface area contributed by atoms with Crippen molar-refractivity contribution in [2.24, 2.45) is 5.73 Å².